The number of carbonyl (C=O) groups excluding carboxylic acids is 3. The van der Waals surface area contributed by atoms with Crippen molar-refractivity contribution in [3.05, 3.63) is 35.9 Å². The Balaban J connectivity index is 1.89. The second-order valence-electron chi connectivity index (χ2n) is 9.31. The van der Waals surface area contributed by atoms with Crippen LogP contribution in [-0.2, 0) is 30.3 Å². The Morgan fingerprint density at radius 3 is 2.38 bits per heavy atom. The molecule has 37 heavy (non-hydrogen) atoms. The average Bonchev–Trinajstić information content (AvgIpc) is 2.92. The zero-order valence-corrected chi connectivity index (χ0v) is 24.5. The topological polar surface area (TPSA) is 108 Å². The van der Waals surface area contributed by atoms with Gasteiger partial charge in [0.1, 0.15) is 6.54 Å². The lowest BCUT2D eigenvalue weighted by atomic mass is 9.89. The van der Waals surface area contributed by atoms with Gasteiger partial charge in [-0.15, -0.1) is 0 Å². The second kappa shape index (κ2) is 18.8. The van der Waals surface area contributed by atoms with Crippen LogP contribution in [0.15, 0.2) is 30.3 Å². The van der Waals surface area contributed by atoms with E-state index in [9.17, 15) is 14.4 Å². The third kappa shape index (κ3) is 13.3. The molecule has 1 unspecified atom stereocenters. The van der Waals surface area contributed by atoms with E-state index in [4.69, 9.17) is 15.2 Å². The van der Waals surface area contributed by atoms with Gasteiger partial charge in [0.05, 0.1) is 5.92 Å². The van der Waals surface area contributed by atoms with Gasteiger partial charge in [-0.25, -0.2) is 0 Å². The van der Waals surface area contributed by atoms with Gasteiger partial charge in [0, 0.05) is 29.9 Å². The Labute approximate surface area is 233 Å². The monoisotopic (exact) mass is 570 g/mol. The minimum atomic E-state index is -0.889. The van der Waals surface area contributed by atoms with Crippen LogP contribution in [0.25, 0.3) is 0 Å². The Bertz CT molecular complexity index is 808. The first-order valence-electron chi connectivity index (χ1n) is 13.1. The van der Waals surface area contributed by atoms with E-state index in [2.05, 4.69) is 11.6 Å². The molecule has 7 nitrogen and oxygen atoms in total. The van der Waals surface area contributed by atoms with Crippen molar-refractivity contribution in [1.29, 1.82) is 0 Å². The lowest BCUT2D eigenvalue weighted by molar-refractivity contribution is -0.199. The summed E-state index contributed by atoms with van der Waals surface area (Å²) in [5.74, 6) is 1.00. The molecule has 3 atom stereocenters. The van der Waals surface area contributed by atoms with Crippen LogP contribution < -0.4 is 11.1 Å². The molecule has 208 valence electrons. The smallest absolute Gasteiger partial charge is 0.328 e. The van der Waals surface area contributed by atoms with Gasteiger partial charge < -0.3 is 20.5 Å². The minimum absolute atomic E-state index is 0.00504. The first-order valence-corrected chi connectivity index (χ1v) is 17.0. The number of nitrogens with two attached hydrogens (primary N) is 1. The summed E-state index contributed by atoms with van der Waals surface area (Å²) in [5.41, 5.74) is 7.23. The normalized spacial score (nSPS) is 16.4. The Kier molecular flexibility index (Phi) is 16.2. The van der Waals surface area contributed by atoms with Crippen molar-refractivity contribution in [3.63, 3.8) is 0 Å². The molecule has 3 N–H and O–H groups in total. The first-order chi connectivity index (χ1) is 17.9. The van der Waals surface area contributed by atoms with Gasteiger partial charge in [-0.2, -0.15) is 11.8 Å². The average molecular weight is 571 g/mol. The van der Waals surface area contributed by atoms with E-state index in [1.165, 1.54) is 0 Å². The molecular formula is C27H42N2O5S3. The third-order valence-electron chi connectivity index (χ3n) is 6.25. The van der Waals surface area contributed by atoms with Crippen molar-refractivity contribution in [2.24, 2.45) is 17.6 Å². The summed E-state index contributed by atoms with van der Waals surface area (Å²) < 4.78 is 11.0. The van der Waals surface area contributed by atoms with Crippen LogP contribution >= 0.6 is 33.3 Å². The van der Waals surface area contributed by atoms with Crippen molar-refractivity contribution in [2.75, 3.05) is 30.1 Å². The molecule has 0 saturated heterocycles. The van der Waals surface area contributed by atoms with E-state index < -0.39 is 18.2 Å². The number of ether oxygens (including phenoxy) is 2. The largest absolute Gasteiger partial charge is 0.425 e. The number of rotatable bonds is 17. The van der Waals surface area contributed by atoms with Crippen molar-refractivity contribution in [3.8, 4) is 0 Å². The Morgan fingerprint density at radius 1 is 1.03 bits per heavy atom. The molecule has 0 spiro atoms. The number of amides is 1. The van der Waals surface area contributed by atoms with E-state index in [1.807, 2.05) is 30.3 Å². The van der Waals surface area contributed by atoms with Crippen molar-refractivity contribution < 1.29 is 23.9 Å². The van der Waals surface area contributed by atoms with Crippen LogP contribution in [0.5, 0.6) is 0 Å². The standard InChI is InChI=1S/C27H42N2O5S3/c1-3-24(30)33-27(21-12-8-5-9-13-21)34-25(31)17-29-26(32)22(16-20-10-6-4-7-11-20)18-36-37-19-23(28)14-15-35-2/h4,6-7,10-11,21-23,27H,3,5,8-9,12-19,28H2,1-2H3,(H,29,32)/t22-,23+,27?/m1/s1. The van der Waals surface area contributed by atoms with Gasteiger partial charge in [-0.05, 0) is 43.3 Å². The molecule has 0 bridgehead atoms. The zero-order valence-electron chi connectivity index (χ0n) is 22.0. The number of esters is 2. The molecule has 1 aromatic carbocycles. The predicted octanol–water partition coefficient (Wildman–Crippen LogP) is 4.83. The van der Waals surface area contributed by atoms with Gasteiger partial charge in [0.25, 0.3) is 0 Å². The van der Waals surface area contributed by atoms with Crippen molar-refractivity contribution in [1.82, 2.24) is 5.32 Å². The summed E-state index contributed by atoms with van der Waals surface area (Å²) in [5, 5.41) is 2.75. The molecule has 2 rings (SSSR count). The van der Waals surface area contributed by atoms with E-state index in [-0.39, 0.29) is 36.8 Å². The lowest BCUT2D eigenvalue weighted by Crippen LogP contribution is -2.40. The molecule has 1 aromatic rings. The maximum atomic E-state index is 13.1. The summed E-state index contributed by atoms with van der Waals surface area (Å²) in [6.45, 7) is 1.46. The highest BCUT2D eigenvalue weighted by Gasteiger charge is 2.30. The molecule has 1 aliphatic rings. The van der Waals surface area contributed by atoms with Crippen LogP contribution in [0.4, 0.5) is 0 Å². The molecule has 1 saturated carbocycles. The fraction of sp³-hybridized carbons (Fsp3) is 0.667. The van der Waals surface area contributed by atoms with Crippen LogP contribution in [-0.4, -0.2) is 60.2 Å². The Morgan fingerprint density at radius 2 is 1.70 bits per heavy atom. The highest BCUT2D eigenvalue weighted by Crippen LogP contribution is 2.29. The van der Waals surface area contributed by atoms with E-state index >= 15 is 0 Å². The van der Waals surface area contributed by atoms with Crippen LogP contribution in [0.2, 0.25) is 0 Å². The number of benzene rings is 1. The van der Waals surface area contributed by atoms with E-state index in [0.717, 1.165) is 55.6 Å². The molecule has 1 amide bonds. The fourth-order valence-corrected chi connectivity index (χ4v) is 7.16. The Hall–Kier alpha value is -1.36. The summed E-state index contributed by atoms with van der Waals surface area (Å²) in [4.78, 5) is 37.6. The zero-order chi connectivity index (χ0) is 26.9. The molecule has 1 fully saturated rings. The quantitative estimate of drug-likeness (QED) is 0.118. The van der Waals surface area contributed by atoms with Gasteiger partial charge in [-0.1, -0.05) is 78.1 Å². The fourth-order valence-electron chi connectivity index (χ4n) is 4.05. The summed E-state index contributed by atoms with van der Waals surface area (Å²) in [6.07, 6.45) is 7.86. The van der Waals surface area contributed by atoms with Crippen molar-refractivity contribution >= 4 is 51.2 Å². The number of hydrogen-bond acceptors (Lipinski definition) is 9. The van der Waals surface area contributed by atoms with Crippen LogP contribution in [0.1, 0.15) is 57.4 Å². The predicted molar refractivity (Wildman–Crippen MR) is 155 cm³/mol. The molecule has 0 aromatic heterocycles. The van der Waals surface area contributed by atoms with Crippen LogP contribution in [0.3, 0.4) is 0 Å². The van der Waals surface area contributed by atoms with Gasteiger partial charge >= 0.3 is 11.9 Å². The van der Waals surface area contributed by atoms with Gasteiger partial charge in [-0.3, -0.25) is 14.4 Å². The molecular weight excluding hydrogens is 529 g/mol. The maximum Gasteiger partial charge on any atom is 0.328 e. The van der Waals surface area contributed by atoms with Crippen LogP contribution in [0, 0.1) is 11.8 Å². The molecule has 1 aliphatic carbocycles. The highest BCUT2D eigenvalue weighted by molar-refractivity contribution is 8.76. The van der Waals surface area contributed by atoms with Crippen molar-refractivity contribution in [2.45, 2.75) is 70.6 Å². The third-order valence-corrected chi connectivity index (χ3v) is 9.48. The molecule has 0 heterocycles. The van der Waals surface area contributed by atoms with Gasteiger partial charge in [0.15, 0.2) is 0 Å². The SMILES string of the molecule is CCC(=O)OC(OC(=O)CNC(=O)[C@@H](CSSC[C@@H](N)CCSC)Cc1ccccc1)C1CCCCC1. The lowest BCUT2D eigenvalue weighted by Gasteiger charge is -2.29. The highest BCUT2D eigenvalue weighted by atomic mass is 33.1. The minimum Gasteiger partial charge on any atom is -0.425 e. The molecule has 0 aliphatic heterocycles. The van der Waals surface area contributed by atoms with Gasteiger partial charge in [0.2, 0.25) is 12.2 Å². The van der Waals surface area contributed by atoms with E-state index in [1.54, 1.807) is 40.3 Å². The van der Waals surface area contributed by atoms with E-state index in [0.29, 0.717) is 12.2 Å². The first kappa shape index (κ1) is 31.9. The molecule has 10 heteroatoms. The number of thioether (sulfide) groups is 1. The second-order valence-corrected chi connectivity index (χ2v) is 12.9. The number of hydrogen-bond donors (Lipinski definition) is 2. The number of nitrogens with one attached hydrogen (secondary N) is 1. The molecule has 0 radical (unpaired) electrons. The maximum absolute atomic E-state index is 13.1. The summed E-state index contributed by atoms with van der Waals surface area (Å²) in [7, 11) is 3.33. The number of carbonyl (C=O) groups is 3. The summed E-state index contributed by atoms with van der Waals surface area (Å²) >= 11 is 1.79. The summed E-state index contributed by atoms with van der Waals surface area (Å²) in [6, 6.07) is 10.0.